The van der Waals surface area contributed by atoms with Gasteiger partial charge in [0.2, 0.25) is 17.7 Å². The van der Waals surface area contributed by atoms with Gasteiger partial charge in [-0.05, 0) is 62.5 Å². The number of halogens is 1. The number of benzene rings is 2. The van der Waals surface area contributed by atoms with E-state index in [0.717, 1.165) is 31.4 Å². The van der Waals surface area contributed by atoms with Crippen LogP contribution in [-0.4, -0.2) is 88.0 Å². The van der Waals surface area contributed by atoms with Crippen molar-refractivity contribution in [3.05, 3.63) is 48.0 Å². The van der Waals surface area contributed by atoms with Gasteiger partial charge in [0.1, 0.15) is 18.9 Å². The van der Waals surface area contributed by atoms with Crippen LogP contribution in [0, 0.1) is 18.7 Å². The number of piperidine rings is 1. The second kappa shape index (κ2) is 13.2. The third-order valence-corrected chi connectivity index (χ3v) is 7.89. The lowest BCUT2D eigenvalue weighted by Crippen LogP contribution is -2.40. The van der Waals surface area contributed by atoms with Crippen molar-refractivity contribution in [3.8, 4) is 11.1 Å². The Hall–Kier alpha value is -4.85. The van der Waals surface area contributed by atoms with Gasteiger partial charge >= 0.3 is 5.97 Å². The Morgan fingerprint density at radius 2 is 1.75 bits per heavy atom. The molecule has 3 heterocycles. The van der Waals surface area contributed by atoms with Gasteiger partial charge in [-0.3, -0.25) is 33.4 Å². The third-order valence-electron chi connectivity index (χ3n) is 7.89. The van der Waals surface area contributed by atoms with E-state index in [0.29, 0.717) is 45.6 Å². The molecule has 3 amide bonds. The number of amides is 3. The lowest BCUT2D eigenvalue weighted by molar-refractivity contribution is -0.141. The molecule has 44 heavy (non-hydrogen) atoms. The van der Waals surface area contributed by atoms with Gasteiger partial charge in [0.15, 0.2) is 0 Å². The standard InChI is InChI=1S/C30H35FN8O5/c1-18-30-21(4-3-5-24(30)39(36-18)17-28(42)33-13-27(41)34-14-29(43)44-2)22-11-25-20(10-23(22)31)12-35-38(25)15-19-6-8-37(9-7-19)16-26(32)40/h3-5,10-12,19H,6-9,13-17H2,1-2H3,(H2,32,40)(H,33,42)(H,34,41). The summed E-state index contributed by atoms with van der Waals surface area (Å²) < 4.78 is 23.5. The first kappa shape index (κ1) is 30.6. The van der Waals surface area contributed by atoms with E-state index in [-0.39, 0.29) is 32.1 Å². The minimum absolute atomic E-state index is 0.162. The SMILES string of the molecule is COC(=O)CNC(=O)CNC(=O)Cn1nc(C)c2c(-c3cc4c(cnn4CC4CCN(CC(N)=O)CC4)cc3F)cccc21. The van der Waals surface area contributed by atoms with E-state index >= 15 is 4.39 Å². The lowest BCUT2D eigenvalue weighted by atomic mass is 9.96. The second-order valence-electron chi connectivity index (χ2n) is 11.0. The number of primary amides is 1. The summed E-state index contributed by atoms with van der Waals surface area (Å²) in [6, 6.07) is 8.72. The summed E-state index contributed by atoms with van der Waals surface area (Å²) in [6.07, 6.45) is 3.49. The maximum Gasteiger partial charge on any atom is 0.325 e. The number of rotatable bonds is 11. The molecule has 14 heteroatoms. The maximum absolute atomic E-state index is 15.6. The molecule has 2 aromatic carbocycles. The average molecular weight is 607 g/mol. The molecule has 0 radical (unpaired) electrons. The van der Waals surface area contributed by atoms with Gasteiger partial charge in [-0.15, -0.1) is 0 Å². The largest absolute Gasteiger partial charge is 0.468 e. The van der Waals surface area contributed by atoms with Crippen LogP contribution in [-0.2, 0) is 37.0 Å². The van der Waals surface area contributed by atoms with Gasteiger partial charge in [-0.2, -0.15) is 10.2 Å². The van der Waals surface area contributed by atoms with Crippen molar-refractivity contribution in [2.24, 2.45) is 11.7 Å². The number of nitrogens with zero attached hydrogens (tertiary/aromatic N) is 5. The quantitative estimate of drug-likeness (QED) is 0.214. The van der Waals surface area contributed by atoms with Crippen molar-refractivity contribution < 1.29 is 28.3 Å². The Labute approximate surface area is 252 Å². The van der Waals surface area contributed by atoms with Gasteiger partial charge in [0, 0.05) is 22.9 Å². The summed E-state index contributed by atoms with van der Waals surface area (Å²) in [6.45, 7) is 3.55. The molecule has 0 aliphatic carbocycles. The molecular weight excluding hydrogens is 571 g/mol. The average Bonchev–Trinajstić information content (AvgIpc) is 3.54. The lowest BCUT2D eigenvalue weighted by Gasteiger charge is -2.31. The highest BCUT2D eigenvalue weighted by Gasteiger charge is 2.23. The summed E-state index contributed by atoms with van der Waals surface area (Å²) in [4.78, 5) is 49.0. The Kier molecular flexibility index (Phi) is 9.18. The highest BCUT2D eigenvalue weighted by Crippen LogP contribution is 2.35. The molecule has 0 bridgehead atoms. The Morgan fingerprint density at radius 1 is 1.00 bits per heavy atom. The molecule has 1 aliphatic rings. The molecule has 13 nitrogen and oxygen atoms in total. The molecule has 1 saturated heterocycles. The van der Waals surface area contributed by atoms with Crippen molar-refractivity contribution in [1.82, 2.24) is 35.1 Å². The zero-order chi connectivity index (χ0) is 31.4. The molecule has 4 aromatic rings. The molecular formula is C30H35FN8O5. The summed E-state index contributed by atoms with van der Waals surface area (Å²) in [5.41, 5.74) is 8.45. The van der Waals surface area contributed by atoms with E-state index in [1.54, 1.807) is 25.3 Å². The molecule has 1 aliphatic heterocycles. The van der Waals surface area contributed by atoms with E-state index in [4.69, 9.17) is 5.73 Å². The number of fused-ring (bicyclic) bond motifs is 2. The van der Waals surface area contributed by atoms with Crippen LogP contribution >= 0.6 is 0 Å². The van der Waals surface area contributed by atoms with Crippen molar-refractivity contribution in [2.75, 3.05) is 39.8 Å². The first-order valence-electron chi connectivity index (χ1n) is 14.4. The molecule has 4 N–H and O–H groups in total. The minimum atomic E-state index is -0.599. The van der Waals surface area contributed by atoms with Crippen LogP contribution in [0.3, 0.4) is 0 Å². The van der Waals surface area contributed by atoms with Crippen LogP contribution in [0.1, 0.15) is 18.5 Å². The first-order valence-corrected chi connectivity index (χ1v) is 14.4. The first-order chi connectivity index (χ1) is 21.1. The molecule has 0 saturated carbocycles. The van der Waals surface area contributed by atoms with Gasteiger partial charge in [0.25, 0.3) is 0 Å². The minimum Gasteiger partial charge on any atom is -0.468 e. The van der Waals surface area contributed by atoms with E-state index in [1.807, 2.05) is 16.8 Å². The maximum atomic E-state index is 15.6. The molecule has 0 unspecified atom stereocenters. The number of ether oxygens (including phenoxy) is 1. The van der Waals surface area contributed by atoms with E-state index in [1.165, 1.54) is 17.9 Å². The number of carbonyl (C=O) groups excluding carboxylic acids is 4. The number of carbonyl (C=O) groups is 4. The second-order valence-corrected chi connectivity index (χ2v) is 11.0. The van der Waals surface area contributed by atoms with Crippen LogP contribution < -0.4 is 16.4 Å². The van der Waals surface area contributed by atoms with E-state index < -0.39 is 23.6 Å². The number of hydrogen-bond acceptors (Lipinski definition) is 8. The smallest absolute Gasteiger partial charge is 0.325 e. The molecule has 2 aromatic heterocycles. The molecule has 1 fully saturated rings. The third kappa shape index (κ3) is 6.86. The number of methoxy groups -OCH3 is 1. The number of esters is 1. The van der Waals surface area contributed by atoms with Gasteiger partial charge in [-0.25, -0.2) is 4.39 Å². The number of aryl methyl sites for hydroxylation is 1. The zero-order valence-corrected chi connectivity index (χ0v) is 24.6. The number of nitrogens with one attached hydrogen (secondary N) is 2. The topological polar surface area (TPSA) is 166 Å². The summed E-state index contributed by atoms with van der Waals surface area (Å²) >= 11 is 0. The van der Waals surface area contributed by atoms with Crippen LogP contribution in [0.25, 0.3) is 32.9 Å². The Bertz CT molecular complexity index is 1720. The number of nitrogens with two attached hydrogens (primary N) is 1. The van der Waals surface area contributed by atoms with Crippen molar-refractivity contribution in [3.63, 3.8) is 0 Å². The van der Waals surface area contributed by atoms with E-state index in [9.17, 15) is 19.2 Å². The fourth-order valence-electron chi connectivity index (χ4n) is 5.68. The Balaban J connectivity index is 1.34. The number of aromatic nitrogens is 4. The van der Waals surface area contributed by atoms with Crippen molar-refractivity contribution in [2.45, 2.75) is 32.9 Å². The van der Waals surface area contributed by atoms with Gasteiger partial charge < -0.3 is 21.1 Å². The van der Waals surface area contributed by atoms with Gasteiger partial charge in [0.05, 0.1) is 43.1 Å². The zero-order valence-electron chi connectivity index (χ0n) is 24.6. The van der Waals surface area contributed by atoms with E-state index in [2.05, 4.69) is 30.5 Å². The van der Waals surface area contributed by atoms with Crippen molar-refractivity contribution in [1.29, 1.82) is 0 Å². The number of hydrogen-bond donors (Lipinski definition) is 3. The molecule has 0 atom stereocenters. The summed E-state index contributed by atoms with van der Waals surface area (Å²) in [7, 11) is 1.21. The van der Waals surface area contributed by atoms with Crippen LogP contribution in [0.5, 0.6) is 0 Å². The molecule has 0 spiro atoms. The highest BCUT2D eigenvalue weighted by molar-refractivity contribution is 5.99. The molecule has 5 rings (SSSR count). The fraction of sp³-hybridized carbons (Fsp3) is 0.400. The van der Waals surface area contributed by atoms with Crippen LogP contribution in [0.4, 0.5) is 4.39 Å². The fourth-order valence-corrected chi connectivity index (χ4v) is 5.68. The predicted molar refractivity (Wildman–Crippen MR) is 160 cm³/mol. The Morgan fingerprint density at radius 3 is 2.48 bits per heavy atom. The monoisotopic (exact) mass is 606 g/mol. The predicted octanol–water partition coefficient (Wildman–Crippen LogP) is 1.10. The normalized spacial score (nSPS) is 14.2. The summed E-state index contributed by atoms with van der Waals surface area (Å²) in [5, 5.41) is 15.4. The summed E-state index contributed by atoms with van der Waals surface area (Å²) in [5.74, 6) is -1.95. The highest BCUT2D eigenvalue weighted by atomic mass is 19.1. The van der Waals surface area contributed by atoms with Crippen LogP contribution in [0.15, 0.2) is 36.5 Å². The molecule has 232 valence electrons. The van der Waals surface area contributed by atoms with Gasteiger partial charge in [-0.1, -0.05) is 12.1 Å². The number of likely N-dealkylation sites (tertiary alicyclic amines) is 1. The van der Waals surface area contributed by atoms with Crippen LogP contribution in [0.2, 0.25) is 0 Å². The van der Waals surface area contributed by atoms with Crippen molar-refractivity contribution >= 4 is 45.5 Å².